The van der Waals surface area contributed by atoms with Crippen molar-refractivity contribution in [2.75, 3.05) is 0 Å². The number of nitrogens with zero attached hydrogens (tertiary/aromatic N) is 2. The van der Waals surface area contributed by atoms with Crippen molar-refractivity contribution in [3.63, 3.8) is 0 Å². The lowest BCUT2D eigenvalue weighted by atomic mass is 10.1. The van der Waals surface area contributed by atoms with E-state index < -0.39 is 35.5 Å². The molecule has 1 aliphatic rings. The molecule has 3 rings (SSSR count). The molecule has 0 spiro atoms. The highest BCUT2D eigenvalue weighted by atomic mass is 19.3. The second-order valence-electron chi connectivity index (χ2n) is 5.63. The molecule has 5 nitrogen and oxygen atoms in total. The summed E-state index contributed by atoms with van der Waals surface area (Å²) in [5.41, 5.74) is -0.488. The second kappa shape index (κ2) is 7.15. The van der Waals surface area contributed by atoms with Gasteiger partial charge in [0.1, 0.15) is 23.2 Å². The van der Waals surface area contributed by atoms with E-state index in [9.17, 15) is 32.7 Å². The Bertz CT molecular complexity index is 1060. The molecule has 142 valence electrons. The highest BCUT2D eigenvalue weighted by molar-refractivity contribution is 6.39. The number of hydrogen-bond acceptors (Lipinski definition) is 5. The number of ether oxygens (including phenoxy) is 1. The fraction of sp³-hybridized carbons (Fsp3) is 0.105. The molecule has 1 aliphatic carbocycles. The Morgan fingerprint density at radius 3 is 2.43 bits per heavy atom. The van der Waals surface area contributed by atoms with Crippen LogP contribution in [0.25, 0.3) is 5.76 Å². The number of nitriles is 1. The topological polar surface area (TPSA) is 82.7 Å². The van der Waals surface area contributed by atoms with Gasteiger partial charge in [-0.25, -0.2) is 4.99 Å². The Kier molecular flexibility index (Phi) is 4.88. The van der Waals surface area contributed by atoms with E-state index in [2.05, 4.69) is 9.73 Å². The molecule has 1 N–H and O–H groups in total. The maximum absolute atomic E-state index is 13.0. The number of allylic oxidation sites excluding steroid dienone is 1. The average molecular weight is 390 g/mol. The first-order valence-electron chi connectivity index (χ1n) is 7.76. The van der Waals surface area contributed by atoms with E-state index >= 15 is 0 Å². The van der Waals surface area contributed by atoms with E-state index in [1.165, 1.54) is 24.3 Å². The van der Waals surface area contributed by atoms with Crippen molar-refractivity contribution in [2.45, 2.75) is 12.5 Å². The summed E-state index contributed by atoms with van der Waals surface area (Å²) >= 11 is 0. The highest BCUT2D eigenvalue weighted by Crippen LogP contribution is 2.33. The van der Waals surface area contributed by atoms with Gasteiger partial charge in [0.25, 0.3) is 0 Å². The van der Waals surface area contributed by atoms with Gasteiger partial charge in [-0.05, 0) is 12.1 Å². The SMILES string of the molecule is N#CC(=Nc1cccc(OC(F)(F)C(F)F)c1)C1=C(O)c2ccccc2C1=O. The number of aliphatic hydroxyl groups is 1. The average Bonchev–Trinajstić information content (AvgIpc) is 2.91. The lowest BCUT2D eigenvalue weighted by molar-refractivity contribution is -0.253. The van der Waals surface area contributed by atoms with Crippen molar-refractivity contribution in [1.29, 1.82) is 5.26 Å². The summed E-state index contributed by atoms with van der Waals surface area (Å²) in [5.74, 6) is -1.66. The van der Waals surface area contributed by atoms with Gasteiger partial charge in [0.15, 0.2) is 11.5 Å². The molecule has 0 amide bonds. The summed E-state index contributed by atoms with van der Waals surface area (Å²) < 4.78 is 54.6. The number of aliphatic imine (C=N–C) groups is 1. The number of aliphatic hydroxyl groups excluding tert-OH is 1. The summed E-state index contributed by atoms with van der Waals surface area (Å²) in [6.07, 6.45) is -8.74. The van der Waals surface area contributed by atoms with Crippen LogP contribution in [-0.2, 0) is 0 Å². The third kappa shape index (κ3) is 3.44. The zero-order valence-electron chi connectivity index (χ0n) is 13.9. The van der Waals surface area contributed by atoms with Crippen molar-refractivity contribution in [3.05, 3.63) is 65.2 Å². The normalized spacial score (nSPS) is 14.3. The van der Waals surface area contributed by atoms with Crippen LogP contribution in [0.1, 0.15) is 15.9 Å². The number of carbonyl (C=O) groups is 1. The van der Waals surface area contributed by atoms with E-state index in [0.717, 1.165) is 12.1 Å². The monoisotopic (exact) mass is 390 g/mol. The lowest BCUT2D eigenvalue weighted by Crippen LogP contribution is -2.33. The Morgan fingerprint density at radius 1 is 1.14 bits per heavy atom. The van der Waals surface area contributed by atoms with Crippen LogP contribution < -0.4 is 4.74 Å². The minimum atomic E-state index is -4.70. The van der Waals surface area contributed by atoms with Crippen LogP contribution in [0, 0.1) is 11.3 Å². The molecule has 2 aromatic carbocycles. The van der Waals surface area contributed by atoms with Gasteiger partial charge in [0, 0.05) is 17.2 Å². The molecule has 0 aliphatic heterocycles. The van der Waals surface area contributed by atoms with Gasteiger partial charge in [-0.2, -0.15) is 22.8 Å². The van der Waals surface area contributed by atoms with Crippen LogP contribution in [-0.4, -0.2) is 29.1 Å². The molecule has 0 radical (unpaired) electrons. The third-order valence-electron chi connectivity index (χ3n) is 3.80. The Hall–Kier alpha value is -3.67. The smallest absolute Gasteiger partial charge is 0.461 e. The molecule has 0 unspecified atom stereocenters. The van der Waals surface area contributed by atoms with Crippen molar-refractivity contribution in [1.82, 2.24) is 0 Å². The quantitative estimate of drug-likeness (QED) is 0.593. The molecule has 0 aromatic heterocycles. The van der Waals surface area contributed by atoms with Gasteiger partial charge >= 0.3 is 12.5 Å². The van der Waals surface area contributed by atoms with E-state index in [1.807, 2.05) is 0 Å². The first kappa shape index (κ1) is 19.1. The first-order chi connectivity index (χ1) is 13.2. The Labute approximate surface area is 155 Å². The van der Waals surface area contributed by atoms with Crippen LogP contribution in [0.3, 0.4) is 0 Å². The number of rotatable bonds is 5. The predicted octanol–water partition coefficient (Wildman–Crippen LogP) is 4.68. The predicted molar refractivity (Wildman–Crippen MR) is 91.1 cm³/mol. The summed E-state index contributed by atoms with van der Waals surface area (Å²) in [7, 11) is 0. The van der Waals surface area contributed by atoms with Crippen LogP contribution in [0.2, 0.25) is 0 Å². The van der Waals surface area contributed by atoms with Crippen LogP contribution in [0.4, 0.5) is 23.2 Å². The second-order valence-corrected chi connectivity index (χ2v) is 5.63. The van der Waals surface area contributed by atoms with Gasteiger partial charge < -0.3 is 9.84 Å². The maximum atomic E-state index is 13.0. The molecule has 0 saturated carbocycles. The zero-order valence-corrected chi connectivity index (χ0v) is 13.9. The number of fused-ring (bicyclic) bond motifs is 1. The van der Waals surface area contributed by atoms with E-state index in [1.54, 1.807) is 18.2 Å². The van der Waals surface area contributed by atoms with Crippen LogP contribution in [0.5, 0.6) is 5.75 Å². The maximum Gasteiger partial charge on any atom is 0.461 e. The summed E-state index contributed by atoms with van der Waals surface area (Å²) in [5, 5.41) is 19.6. The van der Waals surface area contributed by atoms with E-state index in [-0.39, 0.29) is 22.4 Å². The standard InChI is InChI=1S/C19H10F4N2O3/c20-18(21)19(22,23)28-11-5-3-4-10(8-11)25-14(9-24)15-16(26)12-6-1-2-7-13(12)17(15)27/h1-8,18,26H. The summed E-state index contributed by atoms with van der Waals surface area (Å²) in [6, 6.07) is 12.2. The highest BCUT2D eigenvalue weighted by Gasteiger charge is 2.44. The number of ketones is 1. The zero-order chi connectivity index (χ0) is 20.5. The molecule has 28 heavy (non-hydrogen) atoms. The molecule has 0 bridgehead atoms. The molecule has 0 heterocycles. The lowest BCUT2D eigenvalue weighted by Gasteiger charge is -2.16. The number of hydrogen-bond donors (Lipinski definition) is 1. The minimum absolute atomic E-state index is 0.108. The van der Waals surface area contributed by atoms with Crippen LogP contribution in [0.15, 0.2) is 59.1 Å². The molecule has 0 saturated heterocycles. The van der Waals surface area contributed by atoms with Gasteiger partial charge in [-0.15, -0.1) is 0 Å². The summed E-state index contributed by atoms with van der Waals surface area (Å²) in [6.45, 7) is 0. The largest absolute Gasteiger partial charge is 0.506 e. The van der Waals surface area contributed by atoms with Gasteiger partial charge in [0.2, 0.25) is 0 Å². The minimum Gasteiger partial charge on any atom is -0.506 e. The molecule has 9 heteroatoms. The number of alkyl halides is 4. The van der Waals surface area contributed by atoms with Crippen molar-refractivity contribution < 1.29 is 32.2 Å². The Balaban J connectivity index is 1.97. The number of carbonyl (C=O) groups excluding carboxylic acids is 1. The van der Waals surface area contributed by atoms with E-state index in [4.69, 9.17) is 0 Å². The van der Waals surface area contributed by atoms with Crippen LogP contribution >= 0.6 is 0 Å². The first-order valence-corrected chi connectivity index (χ1v) is 7.76. The Morgan fingerprint density at radius 2 is 1.82 bits per heavy atom. The molecule has 0 fully saturated rings. The summed E-state index contributed by atoms with van der Waals surface area (Å²) in [4.78, 5) is 16.4. The molecular formula is C19H10F4N2O3. The third-order valence-corrected chi connectivity index (χ3v) is 3.80. The van der Waals surface area contributed by atoms with Gasteiger partial charge in [-0.3, -0.25) is 4.79 Å². The molecular weight excluding hydrogens is 380 g/mol. The van der Waals surface area contributed by atoms with Gasteiger partial charge in [-0.1, -0.05) is 30.3 Å². The van der Waals surface area contributed by atoms with E-state index in [0.29, 0.717) is 0 Å². The fourth-order valence-electron chi connectivity index (χ4n) is 2.57. The van der Waals surface area contributed by atoms with Crippen molar-refractivity contribution in [2.24, 2.45) is 4.99 Å². The fourth-order valence-corrected chi connectivity index (χ4v) is 2.57. The molecule has 2 aromatic rings. The number of halogens is 4. The van der Waals surface area contributed by atoms with Crippen molar-refractivity contribution >= 4 is 22.9 Å². The number of benzene rings is 2. The van der Waals surface area contributed by atoms with Crippen molar-refractivity contribution in [3.8, 4) is 11.8 Å². The van der Waals surface area contributed by atoms with Gasteiger partial charge in [0.05, 0.1) is 5.69 Å². The molecule has 0 atom stereocenters. The number of Topliss-reactive ketones (excluding diaryl/α,β-unsaturated/α-hetero) is 1.